The Morgan fingerprint density at radius 2 is 1.96 bits per heavy atom. The molecule has 0 saturated heterocycles. The SMILES string of the molecule is CCc1csc(Oc2ccc(CNC(=O)c3ccc(C)nc3N)cc2)c1. The molecule has 0 radical (unpaired) electrons. The fourth-order valence-corrected chi connectivity index (χ4v) is 3.30. The number of nitrogens with one attached hydrogen (secondary N) is 1. The van der Waals surface area contributed by atoms with Crippen molar-refractivity contribution in [2.45, 2.75) is 26.8 Å². The van der Waals surface area contributed by atoms with Crippen LogP contribution in [0.25, 0.3) is 0 Å². The van der Waals surface area contributed by atoms with Crippen molar-refractivity contribution < 1.29 is 9.53 Å². The standard InChI is InChI=1S/C20H21N3O2S/c1-3-14-10-18(26-12-14)25-16-7-5-15(6-8-16)11-22-20(24)17-9-4-13(2)23-19(17)21/h4-10,12H,3,11H2,1-2H3,(H2,21,23)(H,22,24). The van der Waals surface area contributed by atoms with E-state index in [-0.39, 0.29) is 11.7 Å². The summed E-state index contributed by atoms with van der Waals surface area (Å²) in [5.74, 6) is 0.784. The van der Waals surface area contributed by atoms with Crippen LogP contribution in [0.5, 0.6) is 10.8 Å². The minimum atomic E-state index is -0.235. The second kappa shape index (κ2) is 8.01. The first-order chi connectivity index (χ1) is 12.5. The molecule has 134 valence electrons. The first-order valence-electron chi connectivity index (χ1n) is 8.40. The van der Waals surface area contributed by atoms with Crippen LogP contribution < -0.4 is 15.8 Å². The number of nitrogens with two attached hydrogens (primary N) is 1. The first-order valence-corrected chi connectivity index (χ1v) is 9.28. The largest absolute Gasteiger partial charge is 0.447 e. The maximum absolute atomic E-state index is 12.2. The highest BCUT2D eigenvalue weighted by Crippen LogP contribution is 2.29. The van der Waals surface area contributed by atoms with Crippen LogP contribution in [0.3, 0.4) is 0 Å². The summed E-state index contributed by atoms with van der Waals surface area (Å²) in [6.45, 7) is 4.36. The third-order valence-corrected chi connectivity index (χ3v) is 4.80. The number of pyridine rings is 1. The number of amides is 1. The van der Waals surface area contributed by atoms with Crippen molar-refractivity contribution >= 4 is 23.1 Å². The number of carbonyl (C=O) groups is 1. The Kier molecular flexibility index (Phi) is 5.53. The van der Waals surface area contributed by atoms with E-state index in [1.165, 1.54) is 5.56 Å². The quantitative estimate of drug-likeness (QED) is 0.680. The van der Waals surface area contributed by atoms with Crippen LogP contribution >= 0.6 is 11.3 Å². The van der Waals surface area contributed by atoms with E-state index in [9.17, 15) is 4.79 Å². The lowest BCUT2D eigenvalue weighted by molar-refractivity contribution is 0.0951. The van der Waals surface area contributed by atoms with Gasteiger partial charge in [-0.1, -0.05) is 19.1 Å². The molecule has 0 spiro atoms. The van der Waals surface area contributed by atoms with Gasteiger partial charge in [0.15, 0.2) is 5.06 Å². The van der Waals surface area contributed by atoms with Crippen molar-refractivity contribution in [2.24, 2.45) is 0 Å². The minimum Gasteiger partial charge on any atom is -0.447 e. The Bertz CT molecular complexity index is 904. The minimum absolute atomic E-state index is 0.235. The fraction of sp³-hybridized carbons (Fsp3) is 0.200. The number of hydrogen-bond donors (Lipinski definition) is 2. The lowest BCUT2D eigenvalue weighted by Crippen LogP contribution is -2.24. The summed E-state index contributed by atoms with van der Waals surface area (Å²) in [5.41, 5.74) is 9.23. The number of nitrogen functional groups attached to an aromatic ring is 1. The maximum atomic E-state index is 12.2. The van der Waals surface area contributed by atoms with Crippen LogP contribution in [0.15, 0.2) is 47.8 Å². The second-order valence-corrected chi connectivity index (χ2v) is 6.82. The molecule has 0 aliphatic heterocycles. The molecule has 26 heavy (non-hydrogen) atoms. The van der Waals surface area contributed by atoms with Crippen molar-refractivity contribution in [3.8, 4) is 10.8 Å². The molecule has 0 fully saturated rings. The summed E-state index contributed by atoms with van der Waals surface area (Å²) < 4.78 is 5.84. The number of carbonyl (C=O) groups excluding carboxylic acids is 1. The highest BCUT2D eigenvalue weighted by atomic mass is 32.1. The van der Waals surface area contributed by atoms with E-state index in [0.717, 1.165) is 28.5 Å². The van der Waals surface area contributed by atoms with E-state index in [4.69, 9.17) is 10.5 Å². The van der Waals surface area contributed by atoms with Gasteiger partial charge in [-0.15, -0.1) is 11.3 Å². The molecule has 0 aliphatic carbocycles. The number of thiophene rings is 1. The molecule has 1 aromatic carbocycles. The number of benzene rings is 1. The summed E-state index contributed by atoms with van der Waals surface area (Å²) in [6, 6.07) is 13.2. The monoisotopic (exact) mass is 367 g/mol. The van der Waals surface area contributed by atoms with E-state index in [1.54, 1.807) is 23.5 Å². The van der Waals surface area contributed by atoms with Crippen LogP contribution in [0.2, 0.25) is 0 Å². The average Bonchev–Trinajstić information content (AvgIpc) is 3.08. The zero-order valence-corrected chi connectivity index (χ0v) is 15.6. The summed E-state index contributed by atoms with van der Waals surface area (Å²) in [4.78, 5) is 16.3. The molecule has 3 N–H and O–H groups in total. The summed E-state index contributed by atoms with van der Waals surface area (Å²) in [5, 5.41) is 5.84. The topological polar surface area (TPSA) is 77.2 Å². The van der Waals surface area contributed by atoms with E-state index in [1.807, 2.05) is 31.2 Å². The zero-order valence-electron chi connectivity index (χ0n) is 14.8. The van der Waals surface area contributed by atoms with Crippen molar-refractivity contribution in [1.82, 2.24) is 10.3 Å². The number of rotatable bonds is 6. The summed E-state index contributed by atoms with van der Waals surface area (Å²) >= 11 is 1.59. The summed E-state index contributed by atoms with van der Waals surface area (Å²) in [6.07, 6.45) is 1.000. The van der Waals surface area contributed by atoms with Crippen LogP contribution in [-0.2, 0) is 13.0 Å². The molecule has 0 aliphatic rings. The van der Waals surface area contributed by atoms with Crippen molar-refractivity contribution in [3.63, 3.8) is 0 Å². The highest BCUT2D eigenvalue weighted by molar-refractivity contribution is 7.12. The molecule has 0 bridgehead atoms. The van der Waals surface area contributed by atoms with Crippen molar-refractivity contribution in [1.29, 1.82) is 0 Å². The normalized spacial score (nSPS) is 10.5. The van der Waals surface area contributed by atoms with Gasteiger partial charge in [0.05, 0.1) is 5.56 Å². The van der Waals surface area contributed by atoms with Gasteiger partial charge in [0.1, 0.15) is 11.6 Å². The van der Waals surface area contributed by atoms with Crippen molar-refractivity contribution in [2.75, 3.05) is 5.73 Å². The van der Waals surface area contributed by atoms with Gasteiger partial charge in [0, 0.05) is 12.2 Å². The third-order valence-electron chi connectivity index (χ3n) is 3.94. The van der Waals surface area contributed by atoms with Gasteiger partial charge in [0.25, 0.3) is 5.91 Å². The Balaban J connectivity index is 1.58. The summed E-state index contributed by atoms with van der Waals surface area (Å²) in [7, 11) is 0. The maximum Gasteiger partial charge on any atom is 0.255 e. The predicted molar refractivity (Wildman–Crippen MR) is 105 cm³/mol. The van der Waals surface area contributed by atoms with Gasteiger partial charge in [-0.3, -0.25) is 4.79 Å². The number of ether oxygens (including phenoxy) is 1. The number of aromatic nitrogens is 1. The van der Waals surface area contributed by atoms with Gasteiger partial charge in [-0.2, -0.15) is 0 Å². The number of nitrogens with zero attached hydrogens (tertiary/aromatic N) is 1. The Morgan fingerprint density at radius 3 is 2.62 bits per heavy atom. The molecule has 2 aromatic heterocycles. The number of anilines is 1. The van der Waals surface area contributed by atoms with E-state index < -0.39 is 0 Å². The fourth-order valence-electron chi connectivity index (χ4n) is 2.43. The lowest BCUT2D eigenvalue weighted by atomic mass is 10.2. The van der Waals surface area contributed by atoms with Crippen LogP contribution in [0.1, 0.15) is 34.1 Å². The Labute approximate surface area is 156 Å². The molecule has 6 heteroatoms. The zero-order chi connectivity index (χ0) is 18.5. The van der Waals surface area contributed by atoms with Gasteiger partial charge >= 0.3 is 0 Å². The first kappa shape index (κ1) is 17.9. The van der Waals surface area contributed by atoms with Crippen molar-refractivity contribution in [3.05, 3.63) is 70.2 Å². The Morgan fingerprint density at radius 1 is 1.19 bits per heavy atom. The molecule has 3 rings (SSSR count). The molecule has 2 heterocycles. The van der Waals surface area contributed by atoms with Crippen LogP contribution in [0.4, 0.5) is 5.82 Å². The third kappa shape index (κ3) is 4.40. The average molecular weight is 367 g/mol. The molecular formula is C20H21N3O2S. The molecule has 0 atom stereocenters. The lowest BCUT2D eigenvalue weighted by Gasteiger charge is -2.08. The van der Waals surface area contributed by atoms with E-state index >= 15 is 0 Å². The van der Waals surface area contributed by atoms with Gasteiger partial charge in [-0.05, 0) is 60.2 Å². The van der Waals surface area contributed by atoms with E-state index in [2.05, 4.69) is 28.7 Å². The predicted octanol–water partition coefficient (Wildman–Crippen LogP) is 4.32. The number of hydrogen-bond acceptors (Lipinski definition) is 5. The molecule has 0 saturated carbocycles. The van der Waals surface area contributed by atoms with Crippen LogP contribution in [-0.4, -0.2) is 10.9 Å². The van der Waals surface area contributed by atoms with Gasteiger partial charge < -0.3 is 15.8 Å². The smallest absolute Gasteiger partial charge is 0.255 e. The van der Waals surface area contributed by atoms with Gasteiger partial charge in [-0.25, -0.2) is 4.98 Å². The van der Waals surface area contributed by atoms with Crippen LogP contribution in [0, 0.1) is 6.92 Å². The highest BCUT2D eigenvalue weighted by Gasteiger charge is 2.10. The Hall–Kier alpha value is -2.86. The second-order valence-electron chi connectivity index (χ2n) is 5.94. The molecule has 3 aromatic rings. The molecule has 1 amide bonds. The van der Waals surface area contributed by atoms with E-state index in [0.29, 0.717) is 12.1 Å². The molecule has 5 nitrogen and oxygen atoms in total. The van der Waals surface area contributed by atoms with Gasteiger partial charge in [0.2, 0.25) is 0 Å². The number of aryl methyl sites for hydroxylation is 2. The molecular weight excluding hydrogens is 346 g/mol. The molecule has 0 unspecified atom stereocenters.